The molecule has 3 rings (SSSR count). The number of phenols is 1. The van der Waals surface area contributed by atoms with Crippen LogP contribution in [0.5, 0.6) is 5.75 Å². The Labute approximate surface area is 134 Å². The molecule has 110 valence electrons. The molecule has 21 heavy (non-hydrogen) atoms. The normalized spacial score (nSPS) is 14.8. The molecule has 0 fully saturated rings. The second-order valence-electron chi connectivity index (χ2n) is 5.54. The maximum atomic E-state index is 9.60. The average Bonchev–Trinajstić information content (AvgIpc) is 2.91. The zero-order valence-electron chi connectivity index (χ0n) is 11.8. The largest absolute Gasteiger partial charge is 0.505 e. The van der Waals surface area contributed by atoms with Crippen molar-refractivity contribution >= 4 is 28.9 Å². The Kier molecular flexibility index (Phi) is 4.01. The Morgan fingerprint density at radius 3 is 2.43 bits per heavy atom. The number of rotatable bonds is 3. The van der Waals surface area contributed by atoms with E-state index in [9.17, 15) is 5.11 Å². The molecule has 1 unspecified atom stereocenters. The summed E-state index contributed by atoms with van der Waals surface area (Å²) in [6, 6.07) is 10.2. The number of hydrogen-bond acceptors (Lipinski definition) is 2. The SMILES string of the molecule is CC(Nc1cc(Cl)c(O)c(Cl)c1)c1ccc2c(c1)CCC2. The number of aromatic hydroxyl groups is 1. The predicted molar refractivity (Wildman–Crippen MR) is 88.6 cm³/mol. The summed E-state index contributed by atoms with van der Waals surface area (Å²) in [5.41, 5.74) is 4.98. The van der Waals surface area contributed by atoms with Crippen LogP contribution >= 0.6 is 23.2 Å². The average molecular weight is 322 g/mol. The van der Waals surface area contributed by atoms with Crippen LogP contribution in [0.25, 0.3) is 0 Å². The molecule has 0 heterocycles. The highest BCUT2D eigenvalue weighted by atomic mass is 35.5. The van der Waals surface area contributed by atoms with Crippen LogP contribution in [0.3, 0.4) is 0 Å². The Morgan fingerprint density at radius 1 is 1.05 bits per heavy atom. The quantitative estimate of drug-likeness (QED) is 0.746. The van der Waals surface area contributed by atoms with Crippen molar-refractivity contribution in [3.63, 3.8) is 0 Å². The fourth-order valence-electron chi connectivity index (χ4n) is 2.84. The third kappa shape index (κ3) is 2.97. The summed E-state index contributed by atoms with van der Waals surface area (Å²) in [6.45, 7) is 2.10. The van der Waals surface area contributed by atoms with Gasteiger partial charge in [-0.25, -0.2) is 0 Å². The topological polar surface area (TPSA) is 32.3 Å². The van der Waals surface area contributed by atoms with Gasteiger partial charge in [-0.2, -0.15) is 0 Å². The number of benzene rings is 2. The van der Waals surface area contributed by atoms with Crippen molar-refractivity contribution in [1.29, 1.82) is 0 Å². The van der Waals surface area contributed by atoms with E-state index < -0.39 is 0 Å². The van der Waals surface area contributed by atoms with Crippen LogP contribution in [0.15, 0.2) is 30.3 Å². The number of hydrogen-bond donors (Lipinski definition) is 2. The van der Waals surface area contributed by atoms with Gasteiger partial charge in [0.25, 0.3) is 0 Å². The zero-order valence-corrected chi connectivity index (χ0v) is 13.3. The summed E-state index contributed by atoms with van der Waals surface area (Å²) in [5.74, 6) is -0.0749. The molecular formula is C17H17Cl2NO. The second-order valence-corrected chi connectivity index (χ2v) is 6.35. The molecule has 1 aliphatic rings. The third-order valence-corrected chi connectivity index (χ3v) is 4.60. The van der Waals surface area contributed by atoms with E-state index >= 15 is 0 Å². The molecule has 2 nitrogen and oxygen atoms in total. The Morgan fingerprint density at radius 2 is 1.71 bits per heavy atom. The number of anilines is 1. The molecule has 0 saturated heterocycles. The fraction of sp³-hybridized carbons (Fsp3) is 0.294. The molecule has 0 amide bonds. The van der Waals surface area contributed by atoms with Crippen LogP contribution in [-0.2, 0) is 12.8 Å². The van der Waals surface area contributed by atoms with Crippen molar-refractivity contribution in [2.45, 2.75) is 32.2 Å². The highest BCUT2D eigenvalue weighted by molar-refractivity contribution is 6.37. The van der Waals surface area contributed by atoms with Crippen molar-refractivity contribution < 1.29 is 5.11 Å². The van der Waals surface area contributed by atoms with E-state index in [1.165, 1.54) is 36.0 Å². The van der Waals surface area contributed by atoms with Gasteiger partial charge in [0.2, 0.25) is 0 Å². The smallest absolute Gasteiger partial charge is 0.152 e. The van der Waals surface area contributed by atoms with Crippen molar-refractivity contribution in [3.05, 3.63) is 57.1 Å². The third-order valence-electron chi connectivity index (χ3n) is 4.02. The number of phenolic OH excluding ortho intramolecular Hbond substituents is 1. The molecule has 2 aromatic rings. The zero-order chi connectivity index (χ0) is 15.0. The first-order chi connectivity index (χ1) is 10.0. The lowest BCUT2D eigenvalue weighted by Crippen LogP contribution is -2.07. The molecule has 2 aromatic carbocycles. The van der Waals surface area contributed by atoms with Gasteiger partial charge in [0, 0.05) is 11.7 Å². The number of fused-ring (bicyclic) bond motifs is 1. The molecule has 0 spiro atoms. The van der Waals surface area contributed by atoms with Gasteiger partial charge >= 0.3 is 0 Å². The minimum atomic E-state index is -0.0749. The van der Waals surface area contributed by atoms with Gasteiger partial charge < -0.3 is 10.4 Å². The molecule has 1 aliphatic carbocycles. The lowest BCUT2D eigenvalue weighted by molar-refractivity contribution is 0.476. The standard InChI is InChI=1S/C17H17Cl2NO/c1-10(12-6-5-11-3-2-4-13(11)7-12)20-14-8-15(18)17(21)16(19)9-14/h5-10,20-21H,2-4H2,1H3. The molecule has 0 saturated carbocycles. The van der Waals surface area contributed by atoms with Crippen LogP contribution in [0.2, 0.25) is 10.0 Å². The number of halogens is 2. The summed E-state index contributed by atoms with van der Waals surface area (Å²) in [4.78, 5) is 0. The highest BCUT2D eigenvalue weighted by Gasteiger charge is 2.14. The first kappa shape index (κ1) is 14.6. The Bertz CT molecular complexity index is 661. The maximum absolute atomic E-state index is 9.60. The van der Waals surface area contributed by atoms with Gasteiger partial charge in [-0.15, -0.1) is 0 Å². The van der Waals surface area contributed by atoms with Crippen molar-refractivity contribution in [2.24, 2.45) is 0 Å². The number of aryl methyl sites for hydroxylation is 2. The summed E-state index contributed by atoms with van der Waals surface area (Å²) in [6.07, 6.45) is 3.62. The van der Waals surface area contributed by atoms with Gasteiger partial charge in [0.05, 0.1) is 10.0 Å². The molecule has 0 bridgehead atoms. The molecule has 0 radical (unpaired) electrons. The molecule has 4 heteroatoms. The highest BCUT2D eigenvalue weighted by Crippen LogP contribution is 2.36. The second kappa shape index (κ2) is 5.78. The van der Waals surface area contributed by atoms with Crippen LogP contribution in [-0.4, -0.2) is 5.11 Å². The van der Waals surface area contributed by atoms with Crippen molar-refractivity contribution in [2.75, 3.05) is 5.32 Å². The van der Waals surface area contributed by atoms with Gasteiger partial charge in [0.15, 0.2) is 5.75 Å². The van der Waals surface area contributed by atoms with E-state index in [0.29, 0.717) is 0 Å². The van der Waals surface area contributed by atoms with Gasteiger partial charge in [0.1, 0.15) is 0 Å². The van der Waals surface area contributed by atoms with E-state index in [1.54, 1.807) is 12.1 Å². The minimum Gasteiger partial charge on any atom is -0.505 e. The molecule has 0 aromatic heterocycles. The van der Waals surface area contributed by atoms with Gasteiger partial charge in [-0.05, 0) is 55.0 Å². The van der Waals surface area contributed by atoms with Crippen molar-refractivity contribution in [1.82, 2.24) is 0 Å². The lowest BCUT2D eigenvalue weighted by atomic mass is 10.0. The summed E-state index contributed by atoms with van der Waals surface area (Å²) in [7, 11) is 0. The van der Waals surface area contributed by atoms with E-state index in [-0.39, 0.29) is 21.8 Å². The van der Waals surface area contributed by atoms with Gasteiger partial charge in [-0.3, -0.25) is 0 Å². The van der Waals surface area contributed by atoms with Gasteiger partial charge in [-0.1, -0.05) is 41.4 Å². The van der Waals surface area contributed by atoms with Crippen molar-refractivity contribution in [3.8, 4) is 5.75 Å². The van der Waals surface area contributed by atoms with Crippen LogP contribution < -0.4 is 5.32 Å². The Balaban J connectivity index is 1.81. The first-order valence-electron chi connectivity index (χ1n) is 7.11. The maximum Gasteiger partial charge on any atom is 0.152 e. The van der Waals surface area contributed by atoms with E-state index in [1.807, 2.05) is 0 Å². The molecular weight excluding hydrogens is 305 g/mol. The number of nitrogens with one attached hydrogen (secondary N) is 1. The summed E-state index contributed by atoms with van der Waals surface area (Å²) < 4.78 is 0. The molecule has 0 aliphatic heterocycles. The first-order valence-corrected chi connectivity index (χ1v) is 7.86. The van der Waals surface area contributed by atoms with Crippen LogP contribution in [0.1, 0.15) is 36.1 Å². The predicted octanol–water partition coefficient (Wildman–Crippen LogP) is 5.36. The van der Waals surface area contributed by atoms with E-state index in [4.69, 9.17) is 23.2 Å². The fourth-order valence-corrected chi connectivity index (χ4v) is 3.33. The molecule has 1 atom stereocenters. The monoisotopic (exact) mass is 321 g/mol. The van der Waals surface area contributed by atoms with E-state index in [2.05, 4.69) is 30.4 Å². The lowest BCUT2D eigenvalue weighted by Gasteiger charge is -2.17. The molecule has 2 N–H and O–H groups in total. The summed E-state index contributed by atoms with van der Waals surface area (Å²) >= 11 is 11.9. The van der Waals surface area contributed by atoms with E-state index in [0.717, 1.165) is 5.69 Å². The Hall–Kier alpha value is -1.38. The van der Waals surface area contributed by atoms with Crippen LogP contribution in [0, 0.1) is 0 Å². The summed E-state index contributed by atoms with van der Waals surface area (Å²) in [5, 5.41) is 13.5. The minimum absolute atomic E-state index is 0.0749. The van der Waals surface area contributed by atoms with Crippen LogP contribution in [0.4, 0.5) is 5.69 Å².